The lowest BCUT2D eigenvalue weighted by atomic mass is 10.1. The van der Waals surface area contributed by atoms with E-state index in [1.807, 2.05) is 6.07 Å². The normalized spacial score (nSPS) is 13.1. The minimum atomic E-state index is 0.241. The zero-order chi connectivity index (χ0) is 10.6. The Bertz CT molecular complexity index is 281. The van der Waals surface area contributed by atoms with Gasteiger partial charge in [0.25, 0.3) is 0 Å². The highest BCUT2D eigenvalue weighted by molar-refractivity contribution is 7.12. The van der Waals surface area contributed by atoms with E-state index in [0.29, 0.717) is 0 Å². The van der Waals surface area contributed by atoms with E-state index in [0.717, 1.165) is 17.9 Å². The molecular formula is C11H16Cl2S. The van der Waals surface area contributed by atoms with E-state index < -0.39 is 0 Å². The first kappa shape index (κ1) is 12.4. The van der Waals surface area contributed by atoms with Crippen LogP contribution in [-0.4, -0.2) is 5.38 Å². The predicted molar refractivity (Wildman–Crippen MR) is 66.9 cm³/mol. The largest absolute Gasteiger partial charge is 0.144 e. The van der Waals surface area contributed by atoms with Gasteiger partial charge >= 0.3 is 0 Å². The molecule has 14 heavy (non-hydrogen) atoms. The number of rotatable bonds is 5. The van der Waals surface area contributed by atoms with Crippen LogP contribution in [0.2, 0.25) is 5.02 Å². The van der Waals surface area contributed by atoms with Crippen molar-refractivity contribution in [2.24, 2.45) is 0 Å². The van der Waals surface area contributed by atoms with Gasteiger partial charge in [-0.25, -0.2) is 0 Å². The minimum Gasteiger partial charge on any atom is -0.144 e. The third-order valence-electron chi connectivity index (χ3n) is 2.16. The van der Waals surface area contributed by atoms with Crippen LogP contribution in [0, 0.1) is 6.92 Å². The second-order valence-corrected chi connectivity index (χ2v) is 5.94. The Balaban J connectivity index is 2.47. The Kier molecular flexibility index (Phi) is 5.29. The predicted octanol–water partition coefficient (Wildman–Crippen LogP) is 5.05. The number of unbranched alkanes of at least 4 members (excludes halogenated alkanes) is 1. The number of thiophene rings is 1. The molecule has 0 spiro atoms. The molecule has 3 heteroatoms. The Labute approximate surface area is 100 Å². The Hall–Kier alpha value is 0.280. The molecule has 0 N–H and O–H groups in total. The molecule has 1 aromatic heterocycles. The van der Waals surface area contributed by atoms with E-state index in [2.05, 4.69) is 13.8 Å². The molecule has 1 unspecified atom stereocenters. The van der Waals surface area contributed by atoms with Gasteiger partial charge in [-0.3, -0.25) is 0 Å². The van der Waals surface area contributed by atoms with E-state index in [4.69, 9.17) is 23.2 Å². The van der Waals surface area contributed by atoms with Crippen molar-refractivity contribution in [2.45, 2.75) is 44.9 Å². The summed E-state index contributed by atoms with van der Waals surface area (Å²) in [5, 5.41) is 1.13. The number of hydrogen-bond donors (Lipinski definition) is 0. The maximum atomic E-state index is 6.22. The van der Waals surface area contributed by atoms with Crippen molar-refractivity contribution in [1.29, 1.82) is 0 Å². The summed E-state index contributed by atoms with van der Waals surface area (Å²) in [6.07, 6.45) is 4.42. The molecule has 0 nitrogen and oxygen atoms in total. The van der Waals surface area contributed by atoms with Crippen LogP contribution in [0.5, 0.6) is 0 Å². The van der Waals surface area contributed by atoms with Crippen molar-refractivity contribution >= 4 is 34.5 Å². The van der Waals surface area contributed by atoms with Gasteiger partial charge in [0, 0.05) is 15.1 Å². The van der Waals surface area contributed by atoms with E-state index in [1.165, 1.54) is 22.6 Å². The first-order valence-electron chi connectivity index (χ1n) is 5.02. The van der Waals surface area contributed by atoms with E-state index in [9.17, 15) is 0 Å². The van der Waals surface area contributed by atoms with Gasteiger partial charge in [-0.2, -0.15) is 0 Å². The van der Waals surface area contributed by atoms with Gasteiger partial charge in [0.2, 0.25) is 0 Å². The minimum absolute atomic E-state index is 0.241. The van der Waals surface area contributed by atoms with Crippen molar-refractivity contribution in [1.82, 2.24) is 0 Å². The Morgan fingerprint density at radius 3 is 2.71 bits per heavy atom. The molecule has 80 valence electrons. The maximum absolute atomic E-state index is 6.22. The third kappa shape index (κ3) is 3.80. The molecule has 0 saturated heterocycles. The number of alkyl halides is 1. The fourth-order valence-corrected chi connectivity index (χ4v) is 3.23. The zero-order valence-electron chi connectivity index (χ0n) is 8.65. The zero-order valence-corrected chi connectivity index (χ0v) is 11.0. The molecule has 0 amide bonds. The summed E-state index contributed by atoms with van der Waals surface area (Å²) in [5.41, 5.74) is 0. The summed E-state index contributed by atoms with van der Waals surface area (Å²) in [4.78, 5) is 2.50. The highest BCUT2D eigenvalue weighted by Gasteiger charge is 2.10. The van der Waals surface area contributed by atoms with Crippen LogP contribution < -0.4 is 0 Å². The summed E-state index contributed by atoms with van der Waals surface area (Å²) in [5.74, 6) is 0. The van der Waals surface area contributed by atoms with Crippen molar-refractivity contribution in [3.05, 3.63) is 20.8 Å². The first-order chi connectivity index (χ1) is 6.63. The highest BCUT2D eigenvalue weighted by Crippen LogP contribution is 2.29. The molecule has 0 bridgehead atoms. The van der Waals surface area contributed by atoms with Gasteiger partial charge in [-0.1, -0.05) is 31.4 Å². The quantitative estimate of drug-likeness (QED) is 0.642. The van der Waals surface area contributed by atoms with Crippen molar-refractivity contribution in [3.8, 4) is 0 Å². The molecule has 0 aliphatic heterocycles. The summed E-state index contributed by atoms with van der Waals surface area (Å²) in [7, 11) is 0. The van der Waals surface area contributed by atoms with E-state index in [-0.39, 0.29) is 5.38 Å². The molecule has 1 heterocycles. The maximum Gasteiger partial charge on any atom is 0.0548 e. The third-order valence-corrected chi connectivity index (χ3v) is 4.05. The highest BCUT2D eigenvalue weighted by atomic mass is 35.5. The van der Waals surface area contributed by atoms with Crippen molar-refractivity contribution in [2.75, 3.05) is 0 Å². The molecule has 0 aromatic carbocycles. The topological polar surface area (TPSA) is 0 Å². The molecule has 1 rings (SSSR count). The summed E-state index contributed by atoms with van der Waals surface area (Å²) in [6, 6.07) is 2.02. The lowest BCUT2D eigenvalue weighted by Gasteiger charge is -2.06. The van der Waals surface area contributed by atoms with Gasteiger partial charge in [0.15, 0.2) is 0 Å². The first-order valence-corrected chi connectivity index (χ1v) is 6.65. The standard InChI is InChI=1S/C11H16Cl2S/c1-3-4-5-9(12)7-11-10(13)6-8(2)14-11/h6,9H,3-5,7H2,1-2H3. The van der Waals surface area contributed by atoms with Crippen LogP contribution in [0.3, 0.4) is 0 Å². The SMILES string of the molecule is CCCCC(Cl)Cc1sc(C)cc1Cl. The van der Waals surface area contributed by atoms with E-state index >= 15 is 0 Å². The fourth-order valence-electron chi connectivity index (χ4n) is 1.40. The lowest BCUT2D eigenvalue weighted by Crippen LogP contribution is -2.01. The number of aryl methyl sites for hydroxylation is 1. The molecule has 0 saturated carbocycles. The average molecular weight is 251 g/mol. The van der Waals surface area contributed by atoms with Crippen LogP contribution in [0.15, 0.2) is 6.07 Å². The summed E-state index contributed by atoms with van der Waals surface area (Å²) >= 11 is 14.1. The van der Waals surface area contributed by atoms with Crippen molar-refractivity contribution in [3.63, 3.8) is 0 Å². The van der Waals surface area contributed by atoms with Gasteiger partial charge in [0.05, 0.1) is 5.02 Å². The second-order valence-electron chi connectivity index (χ2n) is 3.57. The number of hydrogen-bond acceptors (Lipinski definition) is 1. The molecule has 0 radical (unpaired) electrons. The van der Waals surface area contributed by atoms with Gasteiger partial charge in [0.1, 0.15) is 0 Å². The van der Waals surface area contributed by atoms with Crippen LogP contribution >= 0.6 is 34.5 Å². The van der Waals surface area contributed by atoms with E-state index in [1.54, 1.807) is 11.3 Å². The van der Waals surface area contributed by atoms with Crippen molar-refractivity contribution < 1.29 is 0 Å². The average Bonchev–Trinajstić information content (AvgIpc) is 2.42. The van der Waals surface area contributed by atoms with Crippen LogP contribution in [0.1, 0.15) is 35.9 Å². The summed E-state index contributed by atoms with van der Waals surface area (Å²) < 4.78 is 0. The second kappa shape index (κ2) is 5.99. The van der Waals surface area contributed by atoms with Gasteiger partial charge in [-0.15, -0.1) is 22.9 Å². The van der Waals surface area contributed by atoms with Gasteiger partial charge in [-0.05, 0) is 25.8 Å². The monoisotopic (exact) mass is 250 g/mol. The fraction of sp³-hybridized carbons (Fsp3) is 0.636. The Morgan fingerprint density at radius 2 is 2.21 bits per heavy atom. The molecule has 1 aromatic rings. The van der Waals surface area contributed by atoms with Crippen LogP contribution in [0.25, 0.3) is 0 Å². The molecule has 1 atom stereocenters. The lowest BCUT2D eigenvalue weighted by molar-refractivity contribution is 0.677. The summed E-state index contributed by atoms with van der Waals surface area (Å²) in [6.45, 7) is 4.27. The van der Waals surface area contributed by atoms with Crippen LogP contribution in [-0.2, 0) is 6.42 Å². The van der Waals surface area contributed by atoms with Gasteiger partial charge < -0.3 is 0 Å². The molecule has 0 aliphatic rings. The Morgan fingerprint density at radius 1 is 1.50 bits per heavy atom. The van der Waals surface area contributed by atoms with Crippen LogP contribution in [0.4, 0.5) is 0 Å². The molecule has 0 aliphatic carbocycles. The molecular weight excluding hydrogens is 235 g/mol. The number of halogens is 2. The smallest absolute Gasteiger partial charge is 0.0548 e. The molecule has 0 fully saturated rings.